The van der Waals surface area contributed by atoms with Gasteiger partial charge in [-0.05, 0) is 40.9 Å². The number of hydrogen-bond donors (Lipinski definition) is 0. The minimum absolute atomic E-state index is 0.190. The number of pyridine rings is 1. The van der Waals surface area contributed by atoms with Crippen LogP contribution in [0, 0.1) is 0 Å². The molecule has 3 atom stereocenters. The van der Waals surface area contributed by atoms with E-state index in [-0.39, 0.29) is 19.6 Å². The number of carbonyl (C=O) groups excluding carboxylic acids is 1. The molecule has 0 saturated carbocycles. The number of likely N-dealkylation sites (tertiary alicyclic amines) is 1. The van der Waals surface area contributed by atoms with E-state index < -0.39 is 30.0 Å². The Hall–Kier alpha value is -2.10. The highest BCUT2D eigenvalue weighted by molar-refractivity contribution is 9.10. The van der Waals surface area contributed by atoms with E-state index >= 15 is 0 Å². The molecule has 7 nitrogen and oxygen atoms in total. The van der Waals surface area contributed by atoms with Gasteiger partial charge in [0, 0.05) is 17.1 Å². The summed E-state index contributed by atoms with van der Waals surface area (Å²) in [5.41, 5.74) is 0.263. The number of aromatic nitrogens is 4. The summed E-state index contributed by atoms with van der Waals surface area (Å²) in [6, 6.07) is 2.85. The van der Waals surface area contributed by atoms with Crippen molar-refractivity contribution >= 4 is 21.8 Å². The van der Waals surface area contributed by atoms with Crippen LogP contribution >= 0.6 is 15.9 Å². The SMILES string of the molecule is O=C([C@@H]1CCCc2nn(Cc3ccc(Br)cn3)c(=O)n21)N1C[C@@H](F)[C@@H](F)C1. The van der Waals surface area contributed by atoms with Gasteiger partial charge in [0.25, 0.3) is 0 Å². The van der Waals surface area contributed by atoms with Gasteiger partial charge in [0.15, 0.2) is 12.3 Å². The van der Waals surface area contributed by atoms with E-state index in [9.17, 15) is 18.4 Å². The van der Waals surface area contributed by atoms with Gasteiger partial charge >= 0.3 is 5.69 Å². The van der Waals surface area contributed by atoms with E-state index in [4.69, 9.17) is 0 Å². The maximum atomic E-state index is 13.5. The molecule has 4 rings (SSSR count). The number of rotatable bonds is 3. The van der Waals surface area contributed by atoms with E-state index in [0.29, 0.717) is 30.8 Å². The van der Waals surface area contributed by atoms with Crippen molar-refractivity contribution < 1.29 is 13.6 Å². The summed E-state index contributed by atoms with van der Waals surface area (Å²) in [6.07, 6.45) is 0.0294. The Balaban J connectivity index is 1.61. The summed E-state index contributed by atoms with van der Waals surface area (Å²) in [5, 5.41) is 4.35. The van der Waals surface area contributed by atoms with Gasteiger partial charge in [-0.15, -0.1) is 0 Å². The first-order valence-corrected chi connectivity index (χ1v) is 9.59. The Morgan fingerprint density at radius 1 is 1.26 bits per heavy atom. The van der Waals surface area contributed by atoms with E-state index in [2.05, 4.69) is 26.0 Å². The number of carbonyl (C=O) groups is 1. The molecule has 0 bridgehead atoms. The van der Waals surface area contributed by atoms with Crippen molar-refractivity contribution in [3.8, 4) is 0 Å². The van der Waals surface area contributed by atoms with E-state index in [1.54, 1.807) is 12.3 Å². The maximum absolute atomic E-state index is 13.5. The number of nitrogens with zero attached hydrogens (tertiary/aromatic N) is 5. The standard InChI is InChI=1S/C17H18BrF2N5O2/c18-10-4-5-11(21-6-10)7-24-17(27)25-14(2-1-3-15(25)22-24)16(26)23-8-12(19)13(20)9-23/h4-6,12-14H,1-3,7-9H2/t12-,13+,14-/m0/s1. The Morgan fingerprint density at radius 3 is 2.67 bits per heavy atom. The fraction of sp³-hybridized carbons (Fsp3) is 0.529. The largest absolute Gasteiger partial charge is 0.347 e. The summed E-state index contributed by atoms with van der Waals surface area (Å²) in [7, 11) is 0. The van der Waals surface area contributed by atoms with Gasteiger partial charge in [-0.3, -0.25) is 14.3 Å². The molecule has 0 N–H and O–H groups in total. The molecule has 0 aliphatic carbocycles. The van der Waals surface area contributed by atoms with Gasteiger partial charge in [-0.1, -0.05) is 0 Å². The first kappa shape index (κ1) is 18.3. The lowest BCUT2D eigenvalue weighted by atomic mass is 10.0. The Morgan fingerprint density at radius 2 is 2.00 bits per heavy atom. The van der Waals surface area contributed by atoms with E-state index in [0.717, 1.165) is 4.47 Å². The molecule has 2 aliphatic heterocycles. The van der Waals surface area contributed by atoms with Crippen molar-refractivity contribution in [3.05, 3.63) is 44.8 Å². The summed E-state index contributed by atoms with van der Waals surface area (Å²) >= 11 is 3.31. The van der Waals surface area contributed by atoms with Crippen molar-refractivity contribution in [2.75, 3.05) is 13.1 Å². The van der Waals surface area contributed by atoms with Gasteiger partial charge in [0.1, 0.15) is 11.9 Å². The molecule has 1 fully saturated rings. The van der Waals surface area contributed by atoms with Gasteiger partial charge in [0.2, 0.25) is 5.91 Å². The average Bonchev–Trinajstić information content (AvgIpc) is 3.16. The number of hydrogen-bond acceptors (Lipinski definition) is 4. The van der Waals surface area contributed by atoms with E-state index in [1.165, 1.54) is 14.1 Å². The predicted molar refractivity (Wildman–Crippen MR) is 95.9 cm³/mol. The fourth-order valence-corrected chi connectivity index (χ4v) is 3.87. The van der Waals surface area contributed by atoms with Crippen LogP contribution in [-0.2, 0) is 17.8 Å². The van der Waals surface area contributed by atoms with Crippen LogP contribution in [0.2, 0.25) is 0 Å². The first-order chi connectivity index (χ1) is 12.9. The molecule has 2 aliphatic rings. The van der Waals surface area contributed by atoms with Crippen LogP contribution in [0.4, 0.5) is 8.78 Å². The molecule has 0 aromatic carbocycles. The Labute approximate surface area is 162 Å². The second-order valence-electron chi connectivity index (χ2n) is 6.88. The number of fused-ring (bicyclic) bond motifs is 1. The minimum atomic E-state index is -1.67. The van der Waals surface area contributed by atoms with Crippen LogP contribution in [0.3, 0.4) is 0 Å². The number of halogens is 3. The summed E-state index contributed by atoms with van der Waals surface area (Å²) in [4.78, 5) is 31.1. The third-order valence-corrected chi connectivity index (χ3v) is 5.48. The van der Waals surface area contributed by atoms with Crippen LogP contribution < -0.4 is 5.69 Å². The molecule has 0 unspecified atom stereocenters. The van der Waals surface area contributed by atoms with Crippen LogP contribution in [0.1, 0.15) is 30.4 Å². The topological polar surface area (TPSA) is 73.0 Å². The molecule has 2 aromatic heterocycles. The molecule has 10 heteroatoms. The lowest BCUT2D eigenvalue weighted by Gasteiger charge is -2.26. The van der Waals surface area contributed by atoms with Crippen molar-refractivity contribution in [2.24, 2.45) is 0 Å². The fourth-order valence-electron chi connectivity index (χ4n) is 3.64. The molecule has 4 heterocycles. The predicted octanol–water partition coefficient (Wildman–Crippen LogP) is 1.65. The van der Waals surface area contributed by atoms with Crippen LogP contribution in [-0.4, -0.2) is 55.6 Å². The first-order valence-electron chi connectivity index (χ1n) is 8.79. The van der Waals surface area contributed by atoms with Crippen LogP contribution in [0.15, 0.2) is 27.6 Å². The van der Waals surface area contributed by atoms with Gasteiger partial charge < -0.3 is 4.90 Å². The second kappa shape index (κ2) is 7.14. The highest BCUT2D eigenvalue weighted by Crippen LogP contribution is 2.27. The third kappa shape index (κ3) is 3.42. The highest BCUT2D eigenvalue weighted by Gasteiger charge is 2.40. The zero-order chi connectivity index (χ0) is 19.1. The zero-order valence-electron chi connectivity index (χ0n) is 14.4. The quantitative estimate of drug-likeness (QED) is 0.725. The van der Waals surface area contributed by atoms with Crippen LogP contribution in [0.5, 0.6) is 0 Å². The Bertz CT molecular complexity index is 903. The molecular weight excluding hydrogens is 424 g/mol. The molecule has 0 spiro atoms. The number of alkyl halides is 2. The smallest absolute Gasteiger partial charge is 0.335 e. The van der Waals surface area contributed by atoms with Crippen molar-refractivity contribution in [3.63, 3.8) is 0 Å². The van der Waals surface area contributed by atoms with Gasteiger partial charge in [-0.25, -0.2) is 18.3 Å². The average molecular weight is 442 g/mol. The lowest BCUT2D eigenvalue weighted by Crippen LogP contribution is -2.42. The molecular formula is C17H18BrF2N5O2. The molecule has 1 saturated heterocycles. The normalized spacial score (nSPS) is 24.9. The van der Waals surface area contributed by atoms with E-state index in [1.807, 2.05) is 6.07 Å². The highest BCUT2D eigenvalue weighted by atomic mass is 79.9. The number of amides is 1. The van der Waals surface area contributed by atoms with Gasteiger partial charge in [-0.2, -0.15) is 5.10 Å². The van der Waals surface area contributed by atoms with Crippen molar-refractivity contribution in [1.82, 2.24) is 24.2 Å². The van der Waals surface area contributed by atoms with Crippen molar-refractivity contribution in [2.45, 2.75) is 44.2 Å². The Kier molecular flexibility index (Phi) is 4.83. The second-order valence-corrected chi connectivity index (χ2v) is 7.79. The summed E-state index contributed by atoms with van der Waals surface area (Å²) in [5.74, 6) is 0.108. The lowest BCUT2D eigenvalue weighted by molar-refractivity contribution is -0.134. The molecule has 0 radical (unpaired) electrons. The molecule has 1 amide bonds. The zero-order valence-corrected chi connectivity index (χ0v) is 16.0. The maximum Gasteiger partial charge on any atom is 0.347 e. The molecule has 144 valence electrons. The summed E-state index contributed by atoms with van der Waals surface area (Å²) in [6.45, 7) is -0.342. The van der Waals surface area contributed by atoms with Crippen molar-refractivity contribution in [1.29, 1.82) is 0 Å². The number of aryl methyl sites for hydroxylation is 1. The molecule has 27 heavy (non-hydrogen) atoms. The summed E-state index contributed by atoms with van der Waals surface area (Å²) < 4.78 is 30.5. The monoisotopic (exact) mass is 441 g/mol. The van der Waals surface area contributed by atoms with Gasteiger partial charge in [0.05, 0.1) is 25.3 Å². The molecule has 2 aromatic rings. The minimum Gasteiger partial charge on any atom is -0.335 e. The third-order valence-electron chi connectivity index (χ3n) is 5.01. The van der Waals surface area contributed by atoms with Crippen LogP contribution in [0.25, 0.3) is 0 Å².